The zero-order valence-electron chi connectivity index (χ0n) is 11.0. The van der Waals surface area contributed by atoms with Crippen LogP contribution in [0.2, 0.25) is 0 Å². The summed E-state index contributed by atoms with van der Waals surface area (Å²) in [5.41, 5.74) is 0.675. The van der Waals surface area contributed by atoms with Crippen LogP contribution < -0.4 is 4.72 Å². The van der Waals surface area contributed by atoms with Gasteiger partial charge >= 0.3 is 5.97 Å². The van der Waals surface area contributed by atoms with Gasteiger partial charge in [-0.3, -0.25) is 4.72 Å². The van der Waals surface area contributed by atoms with Crippen LogP contribution in [0.15, 0.2) is 51.8 Å². The maximum Gasteiger partial charge on any atom is 0.336 e. The Hall–Kier alpha value is -1.86. The molecule has 0 heterocycles. The van der Waals surface area contributed by atoms with Crippen LogP contribution in [0.4, 0.5) is 5.69 Å². The highest BCUT2D eigenvalue weighted by molar-refractivity contribution is 9.10. The fourth-order valence-electron chi connectivity index (χ4n) is 1.80. The summed E-state index contributed by atoms with van der Waals surface area (Å²) in [5, 5.41) is 9.05. The first-order chi connectivity index (χ1) is 9.81. The predicted octanol–water partition coefficient (Wildman–Crippen LogP) is 3.26. The number of halogens is 1. The van der Waals surface area contributed by atoms with E-state index in [9.17, 15) is 13.2 Å². The van der Waals surface area contributed by atoms with E-state index in [1.165, 1.54) is 30.3 Å². The van der Waals surface area contributed by atoms with Crippen molar-refractivity contribution >= 4 is 37.6 Å². The fraction of sp³-hybridized carbons (Fsp3) is 0.0714. The van der Waals surface area contributed by atoms with E-state index >= 15 is 0 Å². The minimum absolute atomic E-state index is 0.0611. The topological polar surface area (TPSA) is 83.5 Å². The molecule has 0 aromatic heterocycles. The Morgan fingerprint density at radius 2 is 1.76 bits per heavy atom. The Morgan fingerprint density at radius 3 is 2.33 bits per heavy atom. The zero-order chi connectivity index (χ0) is 15.6. The predicted molar refractivity (Wildman–Crippen MR) is 83.1 cm³/mol. The summed E-state index contributed by atoms with van der Waals surface area (Å²) in [6.07, 6.45) is 0. The first-order valence-electron chi connectivity index (χ1n) is 5.92. The lowest BCUT2D eigenvalue weighted by molar-refractivity contribution is 0.0696. The molecule has 110 valence electrons. The van der Waals surface area contributed by atoms with Crippen LogP contribution in [-0.2, 0) is 10.0 Å². The highest BCUT2D eigenvalue weighted by Crippen LogP contribution is 2.23. The smallest absolute Gasteiger partial charge is 0.336 e. The molecule has 0 aliphatic heterocycles. The molecule has 21 heavy (non-hydrogen) atoms. The molecule has 0 fully saturated rings. The fourth-order valence-corrected chi connectivity index (χ4v) is 3.18. The molecule has 7 heteroatoms. The molecule has 0 radical (unpaired) electrons. The van der Waals surface area contributed by atoms with Gasteiger partial charge in [0.05, 0.1) is 16.1 Å². The molecule has 0 atom stereocenters. The summed E-state index contributed by atoms with van der Waals surface area (Å²) in [5.74, 6) is -1.10. The van der Waals surface area contributed by atoms with Crippen LogP contribution in [-0.4, -0.2) is 19.5 Å². The van der Waals surface area contributed by atoms with Gasteiger partial charge in [0.15, 0.2) is 0 Å². The first kappa shape index (κ1) is 15.5. The number of carboxylic acid groups (broad SMARTS) is 1. The molecule has 0 bridgehead atoms. The van der Waals surface area contributed by atoms with E-state index in [2.05, 4.69) is 20.7 Å². The number of carbonyl (C=O) groups is 1. The highest BCUT2D eigenvalue weighted by atomic mass is 79.9. The van der Waals surface area contributed by atoms with Crippen molar-refractivity contribution in [3.05, 3.63) is 58.1 Å². The summed E-state index contributed by atoms with van der Waals surface area (Å²) in [4.78, 5) is 11.2. The van der Waals surface area contributed by atoms with E-state index in [0.717, 1.165) is 4.47 Å². The van der Waals surface area contributed by atoms with Gasteiger partial charge < -0.3 is 5.11 Å². The normalized spacial score (nSPS) is 11.1. The standard InChI is InChI=1S/C14H12BrNO4S/c1-9-12(14(17)18)3-2-4-13(9)16-21(19,20)11-7-5-10(15)6-8-11/h2-8,16H,1H3,(H,17,18). The number of nitrogens with one attached hydrogen (secondary N) is 1. The number of hydrogen-bond acceptors (Lipinski definition) is 3. The first-order valence-corrected chi connectivity index (χ1v) is 8.20. The van der Waals surface area contributed by atoms with Crippen molar-refractivity contribution in [1.29, 1.82) is 0 Å². The third kappa shape index (κ3) is 3.43. The molecule has 0 aliphatic rings. The lowest BCUT2D eigenvalue weighted by atomic mass is 10.1. The van der Waals surface area contributed by atoms with E-state index in [-0.39, 0.29) is 16.1 Å². The number of anilines is 1. The Kier molecular flexibility index (Phi) is 4.34. The van der Waals surface area contributed by atoms with Crippen molar-refractivity contribution in [2.24, 2.45) is 0 Å². The lowest BCUT2D eigenvalue weighted by Gasteiger charge is -2.12. The molecule has 0 saturated carbocycles. The molecule has 0 saturated heterocycles. The number of aromatic carboxylic acids is 1. The van der Waals surface area contributed by atoms with Crippen molar-refractivity contribution in [1.82, 2.24) is 0 Å². The van der Waals surface area contributed by atoms with Crippen molar-refractivity contribution in [3.63, 3.8) is 0 Å². The van der Waals surface area contributed by atoms with Crippen LogP contribution in [0.5, 0.6) is 0 Å². The largest absolute Gasteiger partial charge is 0.478 e. The minimum atomic E-state index is -3.76. The van der Waals surface area contributed by atoms with Gasteiger partial charge in [-0.25, -0.2) is 13.2 Å². The number of benzene rings is 2. The quantitative estimate of drug-likeness (QED) is 0.866. The van der Waals surface area contributed by atoms with E-state index in [1.807, 2.05) is 0 Å². The van der Waals surface area contributed by atoms with Crippen LogP contribution in [0.1, 0.15) is 15.9 Å². The SMILES string of the molecule is Cc1c(NS(=O)(=O)c2ccc(Br)cc2)cccc1C(=O)O. The number of sulfonamides is 1. The molecular weight excluding hydrogens is 358 g/mol. The lowest BCUT2D eigenvalue weighted by Crippen LogP contribution is -2.14. The number of carboxylic acids is 1. The second-order valence-electron chi connectivity index (χ2n) is 4.34. The summed E-state index contributed by atoms with van der Waals surface area (Å²) >= 11 is 3.24. The van der Waals surface area contributed by atoms with Crippen molar-refractivity contribution in [3.8, 4) is 0 Å². The molecule has 0 spiro atoms. The van der Waals surface area contributed by atoms with Gasteiger partial charge in [-0.05, 0) is 48.9 Å². The molecule has 0 amide bonds. The molecule has 2 aromatic carbocycles. The summed E-state index contributed by atoms with van der Waals surface area (Å²) in [7, 11) is -3.76. The third-order valence-electron chi connectivity index (χ3n) is 2.93. The Bertz CT molecular complexity index is 785. The molecular formula is C14H12BrNO4S. The Balaban J connectivity index is 2.39. The Labute approximate surface area is 130 Å². The maximum absolute atomic E-state index is 12.3. The summed E-state index contributed by atoms with van der Waals surface area (Å²) in [6, 6.07) is 10.6. The maximum atomic E-state index is 12.3. The van der Waals surface area contributed by atoms with Crippen LogP contribution in [0.25, 0.3) is 0 Å². The van der Waals surface area contributed by atoms with Crippen molar-refractivity contribution in [2.75, 3.05) is 4.72 Å². The monoisotopic (exact) mass is 369 g/mol. The molecule has 5 nitrogen and oxygen atoms in total. The minimum Gasteiger partial charge on any atom is -0.478 e. The molecule has 2 aromatic rings. The van der Waals surface area contributed by atoms with E-state index in [4.69, 9.17) is 5.11 Å². The molecule has 0 aliphatic carbocycles. The van der Waals surface area contributed by atoms with E-state index < -0.39 is 16.0 Å². The molecule has 2 N–H and O–H groups in total. The molecule has 0 unspecified atom stereocenters. The van der Waals surface area contributed by atoms with Crippen molar-refractivity contribution < 1.29 is 18.3 Å². The van der Waals surface area contributed by atoms with Gasteiger partial charge in [0.25, 0.3) is 10.0 Å². The van der Waals surface area contributed by atoms with Crippen LogP contribution >= 0.6 is 15.9 Å². The summed E-state index contributed by atoms with van der Waals surface area (Å²) in [6.45, 7) is 1.56. The van der Waals surface area contributed by atoms with Gasteiger partial charge in [-0.15, -0.1) is 0 Å². The highest BCUT2D eigenvalue weighted by Gasteiger charge is 2.17. The van der Waals surface area contributed by atoms with E-state index in [0.29, 0.717) is 5.56 Å². The number of rotatable bonds is 4. The second kappa shape index (κ2) is 5.87. The van der Waals surface area contributed by atoms with E-state index in [1.54, 1.807) is 19.1 Å². The average Bonchev–Trinajstić information content (AvgIpc) is 2.41. The van der Waals surface area contributed by atoms with Crippen molar-refractivity contribution in [2.45, 2.75) is 11.8 Å². The van der Waals surface area contributed by atoms with Gasteiger partial charge in [0.2, 0.25) is 0 Å². The van der Waals surface area contributed by atoms with Crippen LogP contribution in [0.3, 0.4) is 0 Å². The average molecular weight is 370 g/mol. The second-order valence-corrected chi connectivity index (χ2v) is 6.94. The van der Waals surface area contributed by atoms with Gasteiger partial charge in [-0.2, -0.15) is 0 Å². The zero-order valence-corrected chi connectivity index (χ0v) is 13.4. The third-order valence-corrected chi connectivity index (χ3v) is 4.84. The summed E-state index contributed by atoms with van der Waals surface area (Å²) < 4.78 is 27.7. The van der Waals surface area contributed by atoms with Gasteiger partial charge in [0.1, 0.15) is 0 Å². The van der Waals surface area contributed by atoms with Gasteiger partial charge in [-0.1, -0.05) is 22.0 Å². The Morgan fingerprint density at radius 1 is 1.14 bits per heavy atom. The number of hydrogen-bond donors (Lipinski definition) is 2. The molecule has 2 rings (SSSR count). The van der Waals surface area contributed by atoms with Crippen LogP contribution in [0, 0.1) is 6.92 Å². The van der Waals surface area contributed by atoms with Gasteiger partial charge in [0, 0.05) is 4.47 Å².